The van der Waals surface area contributed by atoms with Crippen LogP contribution in [-0.2, 0) is 9.47 Å². The number of oxazole rings is 1. The summed E-state index contributed by atoms with van der Waals surface area (Å²) < 4.78 is 22.0. The van der Waals surface area contributed by atoms with Gasteiger partial charge in [-0.25, -0.2) is 14.6 Å². The van der Waals surface area contributed by atoms with Gasteiger partial charge in [0.2, 0.25) is 5.76 Å². The lowest BCUT2D eigenvalue weighted by Gasteiger charge is -2.34. The summed E-state index contributed by atoms with van der Waals surface area (Å²) in [6.45, 7) is 12.5. The maximum atomic E-state index is 13.1. The van der Waals surface area contributed by atoms with Crippen molar-refractivity contribution in [1.82, 2.24) is 9.88 Å². The number of carbonyl (C=O) groups excluding carboxylic acids is 3. The summed E-state index contributed by atoms with van der Waals surface area (Å²) >= 11 is 0. The smallest absolute Gasteiger partial charge is 0.412 e. The number of benzene rings is 1. The Balaban J connectivity index is 1.45. The fourth-order valence-corrected chi connectivity index (χ4v) is 3.87. The molecule has 0 saturated carbocycles. The van der Waals surface area contributed by atoms with Crippen LogP contribution in [0, 0.1) is 0 Å². The molecule has 0 bridgehead atoms. The molecule has 4 rings (SSSR count). The number of piperazine rings is 1. The Morgan fingerprint density at radius 2 is 1.60 bits per heavy atom. The van der Waals surface area contributed by atoms with E-state index in [1.165, 1.54) is 6.20 Å². The number of nitrogens with one attached hydrogen (secondary N) is 2. The molecule has 1 aliphatic heterocycles. The standard InChI is InChI=1S/C28H35N5O7/c1-27(2,3)39-25(35)31-19-10-9-18(21-8-7-15-37-21)16-20(19)30-23(34)22-17-29-24(38-22)32-11-13-33(14-12-32)26(36)40-28(4,5)6/h7-10,15-17H,11-14H2,1-6H3,(H,30,34)(H,31,35). The number of ether oxygens (including phenoxy) is 2. The van der Waals surface area contributed by atoms with E-state index in [1.807, 2.05) is 25.7 Å². The minimum Gasteiger partial charge on any atom is -0.464 e. The van der Waals surface area contributed by atoms with Gasteiger partial charge in [0.15, 0.2) is 0 Å². The number of furan rings is 1. The van der Waals surface area contributed by atoms with Crippen molar-refractivity contribution in [3.05, 3.63) is 48.6 Å². The van der Waals surface area contributed by atoms with E-state index >= 15 is 0 Å². The van der Waals surface area contributed by atoms with Crippen molar-refractivity contribution in [2.24, 2.45) is 0 Å². The molecule has 214 valence electrons. The molecule has 0 radical (unpaired) electrons. The molecule has 0 spiro atoms. The Morgan fingerprint density at radius 3 is 2.23 bits per heavy atom. The average molecular weight is 554 g/mol. The molecular formula is C28H35N5O7. The normalized spacial score (nSPS) is 14.1. The molecule has 3 amide bonds. The van der Waals surface area contributed by atoms with Crippen molar-refractivity contribution < 1.29 is 32.7 Å². The summed E-state index contributed by atoms with van der Waals surface area (Å²) in [5, 5.41) is 5.46. The van der Waals surface area contributed by atoms with Crippen LogP contribution in [0.5, 0.6) is 0 Å². The van der Waals surface area contributed by atoms with Gasteiger partial charge < -0.3 is 33.4 Å². The fourth-order valence-electron chi connectivity index (χ4n) is 3.87. The van der Waals surface area contributed by atoms with Gasteiger partial charge in [0, 0.05) is 31.7 Å². The number of hydrogen-bond acceptors (Lipinski definition) is 9. The van der Waals surface area contributed by atoms with E-state index in [-0.39, 0.29) is 17.9 Å². The molecule has 40 heavy (non-hydrogen) atoms. The summed E-state index contributed by atoms with van der Waals surface area (Å²) in [7, 11) is 0. The molecule has 0 atom stereocenters. The predicted octanol–water partition coefficient (Wildman–Crippen LogP) is 5.59. The molecule has 1 saturated heterocycles. The number of nitrogens with zero attached hydrogens (tertiary/aromatic N) is 3. The lowest BCUT2D eigenvalue weighted by molar-refractivity contribution is 0.0238. The van der Waals surface area contributed by atoms with Crippen LogP contribution in [0.15, 0.2) is 51.6 Å². The molecular weight excluding hydrogens is 518 g/mol. The van der Waals surface area contributed by atoms with E-state index in [9.17, 15) is 14.4 Å². The van der Waals surface area contributed by atoms with Gasteiger partial charge in [0.05, 0.1) is 23.8 Å². The topological polar surface area (TPSA) is 139 Å². The van der Waals surface area contributed by atoms with Crippen molar-refractivity contribution >= 4 is 35.5 Å². The highest BCUT2D eigenvalue weighted by molar-refractivity contribution is 6.05. The second-order valence-electron chi connectivity index (χ2n) is 11.3. The first-order chi connectivity index (χ1) is 18.8. The second-order valence-corrected chi connectivity index (χ2v) is 11.3. The van der Waals surface area contributed by atoms with E-state index in [1.54, 1.807) is 62.3 Å². The van der Waals surface area contributed by atoms with Crippen LogP contribution >= 0.6 is 0 Å². The maximum Gasteiger partial charge on any atom is 0.412 e. The lowest BCUT2D eigenvalue weighted by atomic mass is 10.1. The second kappa shape index (κ2) is 11.3. The predicted molar refractivity (Wildman–Crippen MR) is 148 cm³/mol. The van der Waals surface area contributed by atoms with Gasteiger partial charge in [-0.05, 0) is 71.9 Å². The van der Waals surface area contributed by atoms with Gasteiger partial charge >= 0.3 is 12.2 Å². The van der Waals surface area contributed by atoms with E-state index in [2.05, 4.69) is 15.6 Å². The maximum absolute atomic E-state index is 13.1. The van der Waals surface area contributed by atoms with Crippen LogP contribution in [0.1, 0.15) is 52.1 Å². The zero-order valence-electron chi connectivity index (χ0n) is 23.6. The molecule has 1 aliphatic rings. The molecule has 1 fully saturated rings. The number of amides is 3. The van der Waals surface area contributed by atoms with Crippen LogP contribution in [0.3, 0.4) is 0 Å². The number of carbonyl (C=O) groups is 3. The average Bonchev–Trinajstić information content (AvgIpc) is 3.56. The SMILES string of the molecule is CC(C)(C)OC(=O)Nc1ccc(-c2ccco2)cc1NC(=O)c1cnc(N2CCN(C(=O)OC(C)(C)C)CC2)o1. The first-order valence-electron chi connectivity index (χ1n) is 13.0. The van der Waals surface area contributed by atoms with Crippen LogP contribution in [0.25, 0.3) is 11.3 Å². The quantitative estimate of drug-likeness (QED) is 0.414. The number of rotatable bonds is 5. The third kappa shape index (κ3) is 7.55. The monoisotopic (exact) mass is 553 g/mol. The van der Waals surface area contributed by atoms with Crippen LogP contribution in [-0.4, -0.2) is 65.4 Å². The number of anilines is 3. The van der Waals surface area contributed by atoms with Gasteiger partial charge in [-0.2, -0.15) is 0 Å². The Hall–Kier alpha value is -4.48. The van der Waals surface area contributed by atoms with Crippen LogP contribution in [0.2, 0.25) is 0 Å². The summed E-state index contributed by atoms with van der Waals surface area (Å²) in [4.78, 5) is 45.7. The first-order valence-corrected chi connectivity index (χ1v) is 13.0. The highest BCUT2D eigenvalue weighted by Crippen LogP contribution is 2.31. The molecule has 2 aromatic heterocycles. The lowest BCUT2D eigenvalue weighted by Crippen LogP contribution is -2.50. The van der Waals surface area contributed by atoms with E-state index in [0.717, 1.165) is 0 Å². The molecule has 12 nitrogen and oxygen atoms in total. The van der Waals surface area contributed by atoms with Crippen LogP contribution < -0.4 is 15.5 Å². The van der Waals surface area contributed by atoms with Crippen molar-refractivity contribution in [3.8, 4) is 11.3 Å². The van der Waals surface area contributed by atoms with E-state index in [0.29, 0.717) is 48.9 Å². The molecule has 3 aromatic rings. The zero-order chi connectivity index (χ0) is 29.1. The van der Waals surface area contributed by atoms with Crippen molar-refractivity contribution in [2.75, 3.05) is 41.7 Å². The minimum atomic E-state index is -0.698. The van der Waals surface area contributed by atoms with Gasteiger partial charge in [0.25, 0.3) is 11.9 Å². The van der Waals surface area contributed by atoms with E-state index in [4.69, 9.17) is 18.3 Å². The Bertz CT molecular complexity index is 1340. The Morgan fingerprint density at radius 1 is 0.900 bits per heavy atom. The summed E-state index contributed by atoms with van der Waals surface area (Å²) in [6.07, 6.45) is 1.85. The molecule has 1 aromatic carbocycles. The molecule has 0 unspecified atom stereocenters. The number of aromatic nitrogens is 1. The van der Waals surface area contributed by atoms with Gasteiger partial charge in [-0.3, -0.25) is 10.1 Å². The van der Waals surface area contributed by atoms with Gasteiger partial charge in [-0.15, -0.1) is 0 Å². The van der Waals surface area contributed by atoms with Crippen molar-refractivity contribution in [2.45, 2.75) is 52.7 Å². The fraction of sp³-hybridized carbons (Fsp3) is 0.429. The first kappa shape index (κ1) is 28.5. The summed E-state index contributed by atoms with van der Waals surface area (Å²) in [6, 6.07) is 8.89. The summed E-state index contributed by atoms with van der Waals surface area (Å²) in [5.41, 5.74) is 0.0652. The highest BCUT2D eigenvalue weighted by Gasteiger charge is 2.28. The third-order valence-corrected chi connectivity index (χ3v) is 5.63. The molecule has 12 heteroatoms. The Labute approximate surface area is 232 Å². The summed E-state index contributed by atoms with van der Waals surface area (Å²) in [5.74, 6) is 0.0120. The Kier molecular flexibility index (Phi) is 8.08. The van der Waals surface area contributed by atoms with Gasteiger partial charge in [-0.1, -0.05) is 0 Å². The largest absolute Gasteiger partial charge is 0.464 e. The number of hydrogen-bond donors (Lipinski definition) is 2. The van der Waals surface area contributed by atoms with Crippen molar-refractivity contribution in [3.63, 3.8) is 0 Å². The third-order valence-electron chi connectivity index (χ3n) is 5.63. The molecule has 0 aliphatic carbocycles. The zero-order valence-corrected chi connectivity index (χ0v) is 23.6. The van der Waals surface area contributed by atoms with Crippen molar-refractivity contribution in [1.29, 1.82) is 0 Å². The molecule has 3 heterocycles. The van der Waals surface area contributed by atoms with Crippen LogP contribution in [0.4, 0.5) is 27.0 Å². The van der Waals surface area contributed by atoms with Gasteiger partial charge in [0.1, 0.15) is 17.0 Å². The molecule has 2 N–H and O–H groups in total. The minimum absolute atomic E-state index is 0.0174. The van der Waals surface area contributed by atoms with E-state index < -0.39 is 23.2 Å². The highest BCUT2D eigenvalue weighted by atomic mass is 16.6.